The van der Waals surface area contributed by atoms with Gasteiger partial charge in [0, 0.05) is 39.3 Å². The SMILES string of the molecule is CCOP(=O)([CH]N1CCNCCNCC1)OCC. The van der Waals surface area contributed by atoms with Crippen molar-refractivity contribution < 1.29 is 13.6 Å². The molecule has 0 bridgehead atoms. The third-order valence-electron chi connectivity index (χ3n) is 2.55. The smallest absolute Gasteiger partial charge is 0.314 e. The fourth-order valence-corrected chi connectivity index (χ4v) is 3.32. The maximum atomic E-state index is 12.4. The highest BCUT2D eigenvalue weighted by Crippen LogP contribution is 2.51. The number of rotatable bonds is 6. The van der Waals surface area contributed by atoms with Gasteiger partial charge in [-0.3, -0.25) is 9.46 Å². The summed E-state index contributed by atoms with van der Waals surface area (Å²) in [6.45, 7) is 9.70. The molecule has 7 heteroatoms. The Kier molecular flexibility index (Phi) is 8.06. The summed E-state index contributed by atoms with van der Waals surface area (Å²) in [4.78, 5) is 2.01. The average Bonchev–Trinajstić information content (AvgIpc) is 2.43. The van der Waals surface area contributed by atoms with Crippen molar-refractivity contribution in [3.05, 3.63) is 6.29 Å². The van der Waals surface area contributed by atoms with Crippen molar-refractivity contribution >= 4 is 7.60 Å². The predicted octanol–water partition coefficient (Wildman–Crippen LogP) is 0.867. The van der Waals surface area contributed by atoms with Crippen molar-refractivity contribution in [2.45, 2.75) is 13.8 Å². The topological polar surface area (TPSA) is 62.8 Å². The lowest BCUT2D eigenvalue weighted by atomic mass is 10.5. The van der Waals surface area contributed by atoms with Crippen molar-refractivity contribution in [3.8, 4) is 0 Å². The first-order valence-corrected chi connectivity index (χ1v) is 8.21. The number of nitrogens with one attached hydrogen (secondary N) is 2. The summed E-state index contributed by atoms with van der Waals surface area (Å²) in [7, 11) is -3.09. The van der Waals surface area contributed by atoms with Crippen LogP contribution in [-0.4, -0.2) is 57.4 Å². The Bertz CT molecular complexity index is 246. The summed E-state index contributed by atoms with van der Waals surface area (Å²) in [5.41, 5.74) is 0. The van der Waals surface area contributed by atoms with E-state index in [0.29, 0.717) is 13.2 Å². The van der Waals surface area contributed by atoms with Gasteiger partial charge in [0.25, 0.3) is 0 Å². The highest BCUT2D eigenvalue weighted by Gasteiger charge is 2.27. The molecule has 0 aliphatic carbocycles. The molecule has 1 saturated heterocycles. The lowest BCUT2D eigenvalue weighted by Crippen LogP contribution is -2.32. The van der Waals surface area contributed by atoms with E-state index in [9.17, 15) is 4.57 Å². The third kappa shape index (κ3) is 6.27. The predicted molar refractivity (Wildman–Crippen MR) is 72.5 cm³/mol. The van der Waals surface area contributed by atoms with Gasteiger partial charge in [-0.05, 0) is 13.8 Å². The van der Waals surface area contributed by atoms with Crippen LogP contribution in [0.3, 0.4) is 0 Å². The van der Waals surface area contributed by atoms with E-state index >= 15 is 0 Å². The zero-order chi connectivity index (χ0) is 13.3. The summed E-state index contributed by atoms with van der Waals surface area (Å²) >= 11 is 0. The van der Waals surface area contributed by atoms with Gasteiger partial charge in [-0.2, -0.15) is 0 Å². The number of hydrogen-bond donors (Lipinski definition) is 2. The molecule has 0 amide bonds. The first kappa shape index (κ1) is 16.1. The lowest BCUT2D eigenvalue weighted by Gasteiger charge is -2.25. The maximum absolute atomic E-state index is 12.4. The van der Waals surface area contributed by atoms with Crippen LogP contribution in [0, 0.1) is 6.29 Å². The molecule has 0 aromatic carbocycles. The Morgan fingerprint density at radius 3 is 2.00 bits per heavy atom. The van der Waals surface area contributed by atoms with Crippen LogP contribution in [0.25, 0.3) is 0 Å². The summed E-state index contributed by atoms with van der Waals surface area (Å²) in [6, 6.07) is 0. The zero-order valence-corrected chi connectivity index (χ0v) is 12.2. The molecular formula is C11H25N3O3P. The molecule has 0 aromatic heterocycles. The van der Waals surface area contributed by atoms with E-state index in [1.165, 1.54) is 0 Å². The first-order valence-electron chi connectivity index (χ1n) is 6.60. The van der Waals surface area contributed by atoms with Gasteiger partial charge in [0.05, 0.1) is 13.2 Å². The van der Waals surface area contributed by atoms with Crippen LogP contribution in [0.5, 0.6) is 0 Å². The Balaban J connectivity index is 2.50. The standard InChI is InChI=1S/C11H25N3O3P/c1-3-16-18(15,17-4-2)11-14-9-7-12-5-6-13-8-10-14/h11-13H,3-10H2,1-2H3. The van der Waals surface area contributed by atoms with Crippen LogP contribution in [0.4, 0.5) is 0 Å². The molecular weight excluding hydrogens is 253 g/mol. The van der Waals surface area contributed by atoms with Crippen LogP contribution < -0.4 is 10.6 Å². The maximum Gasteiger partial charge on any atom is 0.349 e. The molecule has 0 unspecified atom stereocenters. The van der Waals surface area contributed by atoms with Gasteiger partial charge >= 0.3 is 7.60 Å². The van der Waals surface area contributed by atoms with Crippen LogP contribution >= 0.6 is 7.60 Å². The number of hydrogen-bond acceptors (Lipinski definition) is 6. The van der Waals surface area contributed by atoms with Crippen LogP contribution in [0.1, 0.15) is 13.8 Å². The molecule has 0 aromatic rings. The van der Waals surface area contributed by atoms with Crippen LogP contribution in [-0.2, 0) is 13.6 Å². The van der Waals surface area contributed by atoms with Crippen molar-refractivity contribution in [3.63, 3.8) is 0 Å². The quantitative estimate of drug-likeness (QED) is 0.703. The molecule has 0 spiro atoms. The Hall–Kier alpha value is 0.0300. The largest absolute Gasteiger partial charge is 0.349 e. The monoisotopic (exact) mass is 278 g/mol. The van der Waals surface area contributed by atoms with Gasteiger partial charge in [0.1, 0.15) is 6.29 Å². The molecule has 1 heterocycles. The molecule has 1 fully saturated rings. The second-order valence-electron chi connectivity index (χ2n) is 4.03. The van der Waals surface area contributed by atoms with Crippen LogP contribution in [0.15, 0.2) is 0 Å². The lowest BCUT2D eigenvalue weighted by molar-refractivity contribution is 0.211. The van der Waals surface area contributed by atoms with Crippen molar-refractivity contribution in [1.82, 2.24) is 15.5 Å². The van der Waals surface area contributed by atoms with Crippen molar-refractivity contribution in [1.29, 1.82) is 0 Å². The number of nitrogens with zero attached hydrogens (tertiary/aromatic N) is 1. The minimum atomic E-state index is -3.09. The van der Waals surface area contributed by atoms with Gasteiger partial charge in [-0.1, -0.05) is 0 Å². The van der Waals surface area contributed by atoms with Gasteiger partial charge in [-0.25, -0.2) is 0 Å². The fraction of sp³-hybridized carbons (Fsp3) is 0.909. The van der Waals surface area contributed by atoms with Gasteiger partial charge < -0.3 is 19.7 Å². The fourth-order valence-electron chi connectivity index (χ4n) is 1.76. The summed E-state index contributed by atoms with van der Waals surface area (Å²) in [6.07, 6.45) is 1.63. The van der Waals surface area contributed by atoms with Crippen LogP contribution in [0.2, 0.25) is 0 Å². The molecule has 18 heavy (non-hydrogen) atoms. The molecule has 1 radical (unpaired) electrons. The molecule has 0 saturated carbocycles. The minimum Gasteiger partial charge on any atom is -0.314 e. The average molecular weight is 278 g/mol. The highest BCUT2D eigenvalue weighted by atomic mass is 31.2. The second kappa shape index (κ2) is 9.02. The Morgan fingerprint density at radius 2 is 1.56 bits per heavy atom. The second-order valence-corrected chi connectivity index (χ2v) is 5.85. The summed E-state index contributed by atoms with van der Waals surface area (Å²) in [5.74, 6) is 0. The van der Waals surface area contributed by atoms with E-state index in [0.717, 1.165) is 39.3 Å². The van der Waals surface area contributed by atoms with E-state index in [1.54, 1.807) is 6.29 Å². The molecule has 1 aliphatic rings. The Labute approximate surface area is 110 Å². The van der Waals surface area contributed by atoms with Gasteiger partial charge in [0.2, 0.25) is 0 Å². The van der Waals surface area contributed by atoms with E-state index in [1.807, 2.05) is 18.7 Å². The van der Waals surface area contributed by atoms with E-state index in [4.69, 9.17) is 9.05 Å². The highest BCUT2D eigenvalue weighted by molar-refractivity contribution is 7.56. The first-order chi connectivity index (χ1) is 8.70. The van der Waals surface area contributed by atoms with E-state index < -0.39 is 7.60 Å². The molecule has 2 N–H and O–H groups in total. The summed E-state index contributed by atoms with van der Waals surface area (Å²) in [5, 5.41) is 6.62. The zero-order valence-electron chi connectivity index (χ0n) is 11.4. The minimum absolute atomic E-state index is 0.387. The van der Waals surface area contributed by atoms with E-state index in [-0.39, 0.29) is 0 Å². The van der Waals surface area contributed by atoms with Gasteiger partial charge in [0.15, 0.2) is 0 Å². The summed E-state index contributed by atoms with van der Waals surface area (Å²) < 4.78 is 22.9. The molecule has 1 aliphatic heterocycles. The van der Waals surface area contributed by atoms with Crippen molar-refractivity contribution in [2.75, 3.05) is 52.5 Å². The van der Waals surface area contributed by atoms with Gasteiger partial charge in [-0.15, -0.1) is 0 Å². The Morgan fingerprint density at radius 1 is 1.06 bits per heavy atom. The molecule has 1 rings (SSSR count). The van der Waals surface area contributed by atoms with E-state index in [2.05, 4.69) is 10.6 Å². The molecule has 6 nitrogen and oxygen atoms in total. The third-order valence-corrected chi connectivity index (χ3v) is 4.40. The normalized spacial score (nSPS) is 20.1. The van der Waals surface area contributed by atoms with Crippen molar-refractivity contribution in [2.24, 2.45) is 0 Å². The molecule has 107 valence electrons. The molecule has 0 atom stereocenters.